The Hall–Kier alpha value is -4.14. The molecule has 0 aliphatic carbocycles. The number of aliphatic carboxylic acids is 1. The summed E-state index contributed by atoms with van der Waals surface area (Å²) in [6.07, 6.45) is -3.05. The van der Waals surface area contributed by atoms with Crippen LogP contribution in [0.1, 0.15) is 67.2 Å². The number of hydrogen-bond acceptors (Lipinski definition) is 5. The molecule has 0 amide bonds. The lowest BCUT2D eigenvalue weighted by molar-refractivity contribution is -0.138. The highest BCUT2D eigenvalue weighted by Crippen LogP contribution is 2.34. The Morgan fingerprint density at radius 1 is 1.02 bits per heavy atom. The van der Waals surface area contributed by atoms with E-state index in [1.165, 1.54) is 6.07 Å². The van der Waals surface area contributed by atoms with Crippen LogP contribution >= 0.6 is 0 Å². The quantitative estimate of drug-likeness (QED) is 0.214. The molecule has 2 heterocycles. The van der Waals surface area contributed by atoms with Crippen LogP contribution in [0.5, 0.6) is 5.75 Å². The summed E-state index contributed by atoms with van der Waals surface area (Å²) in [7, 11) is 0. The first-order chi connectivity index (χ1) is 18.9. The van der Waals surface area contributed by atoms with Gasteiger partial charge in [-0.1, -0.05) is 39.0 Å². The van der Waals surface area contributed by atoms with E-state index in [1.807, 2.05) is 58.0 Å². The number of ether oxygens (including phenoxy) is 1. The summed E-state index contributed by atoms with van der Waals surface area (Å²) < 4.78 is 50.8. The highest BCUT2D eigenvalue weighted by molar-refractivity contribution is 5.67. The van der Waals surface area contributed by atoms with Gasteiger partial charge in [-0.15, -0.1) is 0 Å². The van der Waals surface area contributed by atoms with Crippen LogP contribution in [0.4, 0.5) is 13.2 Å². The van der Waals surface area contributed by atoms with Crippen LogP contribution in [-0.4, -0.2) is 27.7 Å². The van der Waals surface area contributed by atoms with E-state index >= 15 is 0 Å². The molecule has 0 spiro atoms. The van der Waals surface area contributed by atoms with Crippen LogP contribution < -0.4 is 4.74 Å². The van der Waals surface area contributed by atoms with E-state index in [1.54, 1.807) is 12.1 Å². The fourth-order valence-electron chi connectivity index (χ4n) is 4.33. The Morgan fingerprint density at radius 2 is 1.73 bits per heavy atom. The van der Waals surface area contributed by atoms with E-state index in [-0.39, 0.29) is 18.3 Å². The number of aryl methyl sites for hydroxylation is 2. The number of aromatic nitrogens is 2. The second kappa shape index (κ2) is 11.9. The molecule has 0 saturated carbocycles. The molecule has 2 aromatic carbocycles. The van der Waals surface area contributed by atoms with Crippen molar-refractivity contribution in [2.75, 3.05) is 6.61 Å². The molecule has 0 aliphatic rings. The largest absolute Gasteiger partial charge is 0.493 e. The molecule has 9 heteroatoms. The smallest absolute Gasteiger partial charge is 0.417 e. The maximum absolute atomic E-state index is 12.8. The Bertz CT molecular complexity index is 1460. The van der Waals surface area contributed by atoms with Crippen LogP contribution in [-0.2, 0) is 17.4 Å². The van der Waals surface area contributed by atoms with Crippen molar-refractivity contribution in [1.82, 2.24) is 9.97 Å². The summed E-state index contributed by atoms with van der Waals surface area (Å²) in [6, 6.07) is 15.2. The third-order valence-electron chi connectivity index (χ3n) is 6.62. The maximum atomic E-state index is 12.8. The van der Waals surface area contributed by atoms with Gasteiger partial charge in [-0.25, -0.2) is 4.98 Å². The molecular weight excluding hydrogens is 521 g/mol. The van der Waals surface area contributed by atoms with Gasteiger partial charge < -0.3 is 14.3 Å². The van der Waals surface area contributed by atoms with Gasteiger partial charge >= 0.3 is 12.1 Å². The minimum absolute atomic E-state index is 0.0819. The van der Waals surface area contributed by atoms with Crippen molar-refractivity contribution in [1.29, 1.82) is 0 Å². The number of pyridine rings is 1. The van der Waals surface area contributed by atoms with Crippen molar-refractivity contribution in [3.8, 4) is 28.5 Å². The summed E-state index contributed by atoms with van der Waals surface area (Å²) in [4.78, 5) is 19.6. The van der Waals surface area contributed by atoms with Crippen LogP contribution in [0, 0.1) is 6.92 Å². The van der Waals surface area contributed by atoms with Gasteiger partial charge in [-0.05, 0) is 66.8 Å². The van der Waals surface area contributed by atoms with Gasteiger partial charge in [0.1, 0.15) is 11.5 Å². The molecule has 1 atom stereocenters. The first-order valence-electron chi connectivity index (χ1n) is 13.0. The topological polar surface area (TPSA) is 85.5 Å². The highest BCUT2D eigenvalue weighted by atomic mass is 19.4. The average Bonchev–Trinajstić information content (AvgIpc) is 3.37. The van der Waals surface area contributed by atoms with Crippen molar-refractivity contribution in [2.24, 2.45) is 0 Å². The molecule has 1 unspecified atom stereocenters. The molecule has 4 aromatic rings. The van der Waals surface area contributed by atoms with E-state index in [0.717, 1.165) is 40.4 Å². The zero-order valence-electron chi connectivity index (χ0n) is 22.7. The van der Waals surface area contributed by atoms with Gasteiger partial charge in [0.15, 0.2) is 0 Å². The third-order valence-corrected chi connectivity index (χ3v) is 6.62. The minimum Gasteiger partial charge on any atom is -0.493 e. The number of oxazole rings is 1. The van der Waals surface area contributed by atoms with E-state index in [4.69, 9.17) is 19.2 Å². The first kappa shape index (κ1) is 28.9. The predicted molar refractivity (Wildman–Crippen MR) is 145 cm³/mol. The molecule has 0 radical (unpaired) electrons. The number of alkyl halides is 3. The molecule has 0 bridgehead atoms. The van der Waals surface area contributed by atoms with Gasteiger partial charge in [-0.3, -0.25) is 9.78 Å². The molecule has 0 saturated heterocycles. The molecule has 2 aromatic heterocycles. The van der Waals surface area contributed by atoms with Crippen LogP contribution in [0.25, 0.3) is 22.7 Å². The SMILES string of the molecule is Cc1cc(OCC(C)c2oc(-c3ccc(-c4ccc(C(F)(F)F)cn4)cc3)nc2C(C)C)ccc1CCC(=O)O. The molecule has 210 valence electrons. The van der Waals surface area contributed by atoms with Crippen LogP contribution in [0.15, 0.2) is 65.2 Å². The van der Waals surface area contributed by atoms with Gasteiger partial charge in [0.25, 0.3) is 0 Å². The van der Waals surface area contributed by atoms with E-state index in [2.05, 4.69) is 4.98 Å². The fourth-order valence-corrected chi connectivity index (χ4v) is 4.33. The van der Waals surface area contributed by atoms with Gasteiger partial charge in [0.05, 0.1) is 29.5 Å². The zero-order chi connectivity index (χ0) is 29.0. The minimum atomic E-state index is -4.43. The normalized spacial score (nSPS) is 12.5. The third kappa shape index (κ3) is 6.89. The number of hydrogen-bond donors (Lipinski definition) is 1. The number of rotatable bonds is 10. The molecular formula is C31H31F3N2O4. The Kier molecular flexibility index (Phi) is 8.61. The fraction of sp³-hybridized carbons (Fsp3) is 0.323. The lowest BCUT2D eigenvalue weighted by Crippen LogP contribution is -2.09. The Labute approximate surface area is 230 Å². The van der Waals surface area contributed by atoms with Crippen LogP contribution in [0.2, 0.25) is 0 Å². The van der Waals surface area contributed by atoms with Gasteiger partial charge in [0.2, 0.25) is 5.89 Å². The van der Waals surface area contributed by atoms with Crippen molar-refractivity contribution in [3.05, 3.63) is 88.9 Å². The predicted octanol–water partition coefficient (Wildman–Crippen LogP) is 8.05. The van der Waals surface area contributed by atoms with E-state index in [0.29, 0.717) is 35.9 Å². The lowest BCUT2D eigenvalue weighted by atomic mass is 10.0. The number of benzene rings is 2. The van der Waals surface area contributed by atoms with E-state index in [9.17, 15) is 18.0 Å². The monoisotopic (exact) mass is 552 g/mol. The summed E-state index contributed by atoms with van der Waals surface area (Å²) in [5.74, 6) is 1.07. The molecule has 1 N–H and O–H groups in total. The van der Waals surface area contributed by atoms with Crippen molar-refractivity contribution in [2.45, 2.75) is 58.5 Å². The Morgan fingerprint density at radius 3 is 2.30 bits per heavy atom. The number of nitrogens with zero attached hydrogens (tertiary/aromatic N) is 2. The number of carboxylic acids is 1. The number of carbonyl (C=O) groups is 1. The maximum Gasteiger partial charge on any atom is 0.417 e. The number of halogens is 3. The first-order valence-corrected chi connectivity index (χ1v) is 13.0. The molecule has 6 nitrogen and oxygen atoms in total. The molecule has 0 aliphatic heterocycles. The van der Waals surface area contributed by atoms with Crippen LogP contribution in [0.3, 0.4) is 0 Å². The van der Waals surface area contributed by atoms with E-state index < -0.39 is 17.7 Å². The molecule has 40 heavy (non-hydrogen) atoms. The average molecular weight is 553 g/mol. The summed E-state index contributed by atoms with van der Waals surface area (Å²) in [5.41, 5.74) is 3.86. The Balaban J connectivity index is 1.47. The standard InChI is InChI=1S/C31H31F3N2O4/c1-18(2)28-29(20(4)17-39-25-12-9-21(19(3)15-25)10-14-27(37)38)40-30(36-28)23-7-5-22(6-8-23)26-13-11-24(16-35-26)31(32,33)34/h5-9,11-13,15-16,18,20H,10,14,17H2,1-4H3,(H,37,38). The highest BCUT2D eigenvalue weighted by Gasteiger charge is 2.30. The van der Waals surface area contributed by atoms with Gasteiger partial charge in [0, 0.05) is 23.7 Å². The van der Waals surface area contributed by atoms with Crippen molar-refractivity contribution in [3.63, 3.8) is 0 Å². The van der Waals surface area contributed by atoms with Crippen molar-refractivity contribution < 1.29 is 32.2 Å². The molecule has 0 fully saturated rings. The van der Waals surface area contributed by atoms with Gasteiger partial charge in [-0.2, -0.15) is 13.2 Å². The zero-order valence-corrected chi connectivity index (χ0v) is 22.7. The van der Waals surface area contributed by atoms with Crippen molar-refractivity contribution >= 4 is 5.97 Å². The molecule has 4 rings (SSSR count). The summed E-state index contributed by atoms with van der Waals surface area (Å²) in [5, 5.41) is 8.93. The number of carboxylic acid groups (broad SMARTS) is 1. The second-order valence-corrected chi connectivity index (χ2v) is 10.1. The lowest BCUT2D eigenvalue weighted by Gasteiger charge is -2.14. The summed E-state index contributed by atoms with van der Waals surface area (Å²) in [6.45, 7) is 8.38. The second-order valence-electron chi connectivity index (χ2n) is 10.1. The summed E-state index contributed by atoms with van der Waals surface area (Å²) >= 11 is 0.